The average molecular weight is 429 g/mol. The van der Waals surface area contributed by atoms with E-state index in [0.29, 0.717) is 27.3 Å². The number of anilines is 1. The molecule has 4 aromatic rings. The molecule has 0 fully saturated rings. The van der Waals surface area contributed by atoms with Crippen molar-refractivity contribution in [1.82, 2.24) is 14.5 Å². The topological polar surface area (TPSA) is 96.8 Å². The summed E-state index contributed by atoms with van der Waals surface area (Å²) < 4.78 is 30.5. The molecule has 0 saturated heterocycles. The SMILES string of the molecule is Cc1cc(S(=O)(=O)Nc2ccc(-n3ccnc3)c(Cl)c2)c2[nH]c(=O)cc(C)c2c1. The molecule has 0 aliphatic carbocycles. The third kappa shape index (κ3) is 3.64. The molecular formula is C20H17ClN4O3S. The minimum Gasteiger partial charge on any atom is -0.321 e. The number of aryl methyl sites for hydroxylation is 2. The summed E-state index contributed by atoms with van der Waals surface area (Å²) in [5.74, 6) is 0. The zero-order valence-electron chi connectivity index (χ0n) is 15.6. The van der Waals surface area contributed by atoms with Crippen molar-refractivity contribution in [3.63, 3.8) is 0 Å². The summed E-state index contributed by atoms with van der Waals surface area (Å²) in [6.45, 7) is 3.58. The highest BCUT2D eigenvalue weighted by Crippen LogP contribution is 2.29. The average Bonchev–Trinajstić information content (AvgIpc) is 3.16. The number of halogens is 1. The number of hydrogen-bond acceptors (Lipinski definition) is 4. The molecule has 7 nitrogen and oxygen atoms in total. The van der Waals surface area contributed by atoms with Crippen molar-refractivity contribution in [2.75, 3.05) is 4.72 Å². The van der Waals surface area contributed by atoms with Gasteiger partial charge in [-0.25, -0.2) is 13.4 Å². The Bertz CT molecular complexity index is 1390. The molecule has 29 heavy (non-hydrogen) atoms. The first-order valence-electron chi connectivity index (χ1n) is 8.69. The van der Waals surface area contributed by atoms with Crippen LogP contribution in [0, 0.1) is 13.8 Å². The highest BCUT2D eigenvalue weighted by Gasteiger charge is 2.20. The molecule has 9 heteroatoms. The summed E-state index contributed by atoms with van der Waals surface area (Å²) in [6.07, 6.45) is 4.96. The van der Waals surface area contributed by atoms with Gasteiger partial charge >= 0.3 is 0 Å². The van der Waals surface area contributed by atoms with Crippen LogP contribution in [0.5, 0.6) is 0 Å². The van der Waals surface area contributed by atoms with Gasteiger partial charge in [-0.15, -0.1) is 0 Å². The number of sulfonamides is 1. The Morgan fingerprint density at radius 1 is 1.14 bits per heavy atom. The van der Waals surface area contributed by atoms with E-state index < -0.39 is 10.0 Å². The Labute approximate surface area is 172 Å². The predicted molar refractivity (Wildman–Crippen MR) is 113 cm³/mol. The fourth-order valence-electron chi connectivity index (χ4n) is 3.23. The van der Waals surface area contributed by atoms with Crippen molar-refractivity contribution in [2.45, 2.75) is 18.7 Å². The Hall–Kier alpha value is -3.10. The third-order valence-electron chi connectivity index (χ3n) is 4.54. The van der Waals surface area contributed by atoms with Crippen LogP contribution in [-0.2, 0) is 10.0 Å². The van der Waals surface area contributed by atoms with E-state index in [4.69, 9.17) is 11.6 Å². The van der Waals surface area contributed by atoms with E-state index in [1.807, 2.05) is 6.07 Å². The molecule has 148 valence electrons. The first kappa shape index (κ1) is 19.2. The van der Waals surface area contributed by atoms with Crippen molar-refractivity contribution >= 4 is 38.2 Å². The van der Waals surface area contributed by atoms with Gasteiger partial charge in [-0.2, -0.15) is 0 Å². The number of aromatic nitrogens is 3. The minimum atomic E-state index is -3.98. The van der Waals surface area contributed by atoms with Gasteiger partial charge in [-0.05, 0) is 55.3 Å². The van der Waals surface area contributed by atoms with Gasteiger partial charge in [0.05, 0.1) is 28.2 Å². The summed E-state index contributed by atoms with van der Waals surface area (Å²) in [7, 11) is -3.98. The molecule has 0 atom stereocenters. The first-order valence-corrected chi connectivity index (χ1v) is 10.6. The van der Waals surface area contributed by atoms with Crippen LogP contribution in [0.1, 0.15) is 11.1 Å². The maximum absolute atomic E-state index is 13.1. The minimum absolute atomic E-state index is 0.00288. The van der Waals surface area contributed by atoms with Crippen molar-refractivity contribution in [3.05, 3.63) is 81.6 Å². The lowest BCUT2D eigenvalue weighted by Crippen LogP contribution is -2.16. The predicted octanol–water partition coefficient (Wildman–Crippen LogP) is 3.78. The molecule has 0 spiro atoms. The summed E-state index contributed by atoms with van der Waals surface area (Å²) in [5.41, 5.74) is 2.37. The molecule has 0 bridgehead atoms. The van der Waals surface area contributed by atoms with E-state index in [9.17, 15) is 13.2 Å². The molecule has 0 saturated carbocycles. The smallest absolute Gasteiger partial charge is 0.263 e. The number of H-pyrrole nitrogens is 1. The quantitative estimate of drug-likeness (QED) is 0.516. The largest absolute Gasteiger partial charge is 0.321 e. The number of nitrogens with zero attached hydrogens (tertiary/aromatic N) is 2. The molecule has 2 aromatic heterocycles. The maximum atomic E-state index is 13.1. The van der Waals surface area contributed by atoms with E-state index in [0.717, 1.165) is 5.56 Å². The second kappa shape index (κ2) is 7.06. The fourth-order valence-corrected chi connectivity index (χ4v) is 4.83. The number of hydrogen-bond donors (Lipinski definition) is 2. The van der Waals surface area contributed by atoms with Crippen LogP contribution in [0.3, 0.4) is 0 Å². The van der Waals surface area contributed by atoms with E-state index in [1.54, 1.807) is 49.3 Å². The van der Waals surface area contributed by atoms with Gasteiger partial charge in [-0.1, -0.05) is 11.6 Å². The standard InChI is InChI=1S/C20H17ClN4O3S/c1-12-7-15-13(2)9-19(26)23-20(15)18(8-12)29(27,28)24-14-3-4-17(16(21)10-14)25-6-5-22-11-25/h3-11,24H,1-2H3,(H,23,26). The molecule has 0 radical (unpaired) electrons. The lowest BCUT2D eigenvalue weighted by atomic mass is 10.1. The molecule has 0 amide bonds. The van der Waals surface area contributed by atoms with Gasteiger partial charge < -0.3 is 9.55 Å². The number of benzene rings is 2. The normalized spacial score (nSPS) is 11.7. The molecule has 2 aromatic carbocycles. The zero-order valence-corrected chi connectivity index (χ0v) is 17.2. The van der Waals surface area contributed by atoms with E-state index in [1.165, 1.54) is 18.2 Å². The summed E-state index contributed by atoms with van der Waals surface area (Å²) in [4.78, 5) is 18.6. The lowest BCUT2D eigenvalue weighted by molar-refractivity contribution is 0.602. The highest BCUT2D eigenvalue weighted by atomic mass is 35.5. The van der Waals surface area contributed by atoms with E-state index in [2.05, 4.69) is 14.7 Å². The molecule has 2 heterocycles. The second-order valence-electron chi connectivity index (χ2n) is 6.74. The van der Waals surface area contributed by atoms with E-state index >= 15 is 0 Å². The number of aromatic amines is 1. The molecular weight excluding hydrogens is 412 g/mol. The van der Waals surface area contributed by atoms with Crippen LogP contribution in [-0.4, -0.2) is 23.0 Å². The van der Waals surface area contributed by atoms with Crippen LogP contribution in [0.25, 0.3) is 16.6 Å². The van der Waals surface area contributed by atoms with Crippen LogP contribution >= 0.6 is 11.6 Å². The number of pyridine rings is 1. The van der Waals surface area contributed by atoms with Crippen molar-refractivity contribution in [1.29, 1.82) is 0 Å². The highest BCUT2D eigenvalue weighted by molar-refractivity contribution is 7.93. The van der Waals surface area contributed by atoms with Crippen LogP contribution in [0.4, 0.5) is 5.69 Å². The third-order valence-corrected chi connectivity index (χ3v) is 6.25. The summed E-state index contributed by atoms with van der Waals surface area (Å²) in [5, 5.41) is 1.04. The number of nitrogens with one attached hydrogen (secondary N) is 2. The number of rotatable bonds is 4. The molecule has 0 unspecified atom stereocenters. The van der Waals surface area contributed by atoms with Crippen molar-refractivity contribution in [2.24, 2.45) is 0 Å². The Morgan fingerprint density at radius 2 is 1.93 bits per heavy atom. The van der Waals surface area contributed by atoms with Gasteiger partial charge in [0.25, 0.3) is 10.0 Å². The Kier molecular flexibility index (Phi) is 4.68. The van der Waals surface area contributed by atoms with Gasteiger partial charge in [0.15, 0.2) is 0 Å². The Balaban J connectivity index is 1.79. The molecule has 2 N–H and O–H groups in total. The first-order chi connectivity index (χ1) is 13.7. The van der Waals surface area contributed by atoms with Gasteiger partial charge in [-0.3, -0.25) is 9.52 Å². The number of imidazole rings is 1. The second-order valence-corrected chi connectivity index (χ2v) is 8.80. The van der Waals surface area contributed by atoms with Gasteiger partial charge in [0.2, 0.25) is 5.56 Å². The molecule has 4 rings (SSSR count). The van der Waals surface area contributed by atoms with Crippen molar-refractivity contribution < 1.29 is 8.42 Å². The van der Waals surface area contributed by atoms with Crippen LogP contribution in [0.2, 0.25) is 5.02 Å². The maximum Gasteiger partial charge on any atom is 0.263 e. The summed E-state index contributed by atoms with van der Waals surface area (Å²) in [6, 6.07) is 9.66. The molecule has 0 aliphatic heterocycles. The van der Waals surface area contributed by atoms with Gasteiger partial charge in [0, 0.05) is 23.8 Å². The lowest BCUT2D eigenvalue weighted by Gasteiger charge is -2.14. The summed E-state index contributed by atoms with van der Waals surface area (Å²) >= 11 is 6.33. The van der Waals surface area contributed by atoms with Gasteiger partial charge in [0.1, 0.15) is 4.90 Å². The number of fused-ring (bicyclic) bond motifs is 1. The van der Waals surface area contributed by atoms with Crippen LogP contribution in [0.15, 0.2) is 64.8 Å². The molecule has 0 aliphatic rings. The monoisotopic (exact) mass is 428 g/mol. The van der Waals surface area contributed by atoms with Crippen molar-refractivity contribution in [3.8, 4) is 5.69 Å². The zero-order chi connectivity index (χ0) is 20.8. The Morgan fingerprint density at radius 3 is 2.62 bits per heavy atom. The fraction of sp³-hybridized carbons (Fsp3) is 0.100. The van der Waals surface area contributed by atoms with E-state index in [-0.39, 0.29) is 16.0 Å². The van der Waals surface area contributed by atoms with Crippen LogP contribution < -0.4 is 10.3 Å².